The van der Waals surface area contributed by atoms with Crippen LogP contribution in [0.1, 0.15) is 528 Å². The van der Waals surface area contributed by atoms with Crippen molar-refractivity contribution < 1.29 is 24.5 Å². The van der Waals surface area contributed by atoms with Crippen LogP contribution in [0.15, 0.2) is 12.2 Å². The lowest BCUT2D eigenvalue weighted by Gasteiger charge is -2.22. The number of hydrogen-bond acceptors (Lipinski definition) is 5. The summed E-state index contributed by atoms with van der Waals surface area (Å²) < 4.78 is 5.53. The van der Waals surface area contributed by atoms with Crippen molar-refractivity contribution in [3.63, 3.8) is 0 Å². The van der Waals surface area contributed by atoms with Crippen molar-refractivity contribution in [1.29, 1.82) is 0 Å². The van der Waals surface area contributed by atoms with E-state index in [2.05, 4.69) is 31.3 Å². The Hall–Kier alpha value is -1.40. The first kappa shape index (κ1) is 94.6. The molecule has 6 heteroatoms. The minimum Gasteiger partial charge on any atom is -0.466 e. The third-order valence-corrected chi connectivity index (χ3v) is 21.6. The van der Waals surface area contributed by atoms with Crippen molar-refractivity contribution in [1.82, 2.24) is 5.32 Å². The molecule has 0 aliphatic heterocycles. The molecule has 0 aromatic heterocycles. The van der Waals surface area contributed by atoms with Crippen LogP contribution in [0.4, 0.5) is 0 Å². The summed E-state index contributed by atoms with van der Waals surface area (Å²) >= 11 is 0. The van der Waals surface area contributed by atoms with Crippen LogP contribution in [0, 0.1) is 0 Å². The topological polar surface area (TPSA) is 95.9 Å². The average molecular weight is 1350 g/mol. The summed E-state index contributed by atoms with van der Waals surface area (Å²) in [4.78, 5) is 24.7. The summed E-state index contributed by atoms with van der Waals surface area (Å²) in [7, 11) is 0. The Labute approximate surface area is 603 Å². The molecular formula is C90H177NO5. The summed E-state index contributed by atoms with van der Waals surface area (Å²) in [6, 6.07) is -0.539. The lowest BCUT2D eigenvalue weighted by molar-refractivity contribution is -0.143. The predicted octanol–water partition coefficient (Wildman–Crippen LogP) is 30.2. The lowest BCUT2D eigenvalue weighted by atomic mass is 10.0. The van der Waals surface area contributed by atoms with Crippen molar-refractivity contribution in [2.45, 2.75) is 540 Å². The molecule has 0 aromatic carbocycles. The second kappa shape index (κ2) is 86.0. The van der Waals surface area contributed by atoms with E-state index in [4.69, 9.17) is 4.74 Å². The molecule has 0 fully saturated rings. The smallest absolute Gasteiger partial charge is 0.305 e. The molecule has 0 aliphatic carbocycles. The summed E-state index contributed by atoms with van der Waals surface area (Å²) in [5.41, 5.74) is 0. The molecule has 3 N–H and O–H groups in total. The van der Waals surface area contributed by atoms with Crippen molar-refractivity contribution >= 4 is 11.9 Å². The van der Waals surface area contributed by atoms with Crippen LogP contribution in [-0.4, -0.2) is 47.4 Å². The fraction of sp³-hybridized carbons (Fsp3) is 0.956. The van der Waals surface area contributed by atoms with Gasteiger partial charge in [0.2, 0.25) is 5.91 Å². The number of esters is 1. The Balaban J connectivity index is 3.31. The Bertz CT molecular complexity index is 1470. The van der Waals surface area contributed by atoms with Gasteiger partial charge in [-0.05, 0) is 51.4 Å². The minimum atomic E-state index is -0.662. The molecule has 2 atom stereocenters. The van der Waals surface area contributed by atoms with Gasteiger partial charge in [-0.1, -0.05) is 475 Å². The van der Waals surface area contributed by atoms with Crippen LogP contribution < -0.4 is 5.32 Å². The summed E-state index contributed by atoms with van der Waals surface area (Å²) in [5, 5.41) is 23.5. The van der Waals surface area contributed by atoms with Gasteiger partial charge in [-0.3, -0.25) is 9.59 Å². The third-order valence-electron chi connectivity index (χ3n) is 21.6. The Kier molecular flexibility index (Phi) is 84.8. The van der Waals surface area contributed by atoms with E-state index in [1.807, 2.05) is 0 Å². The van der Waals surface area contributed by atoms with E-state index in [1.165, 1.54) is 456 Å². The van der Waals surface area contributed by atoms with Gasteiger partial charge in [-0.2, -0.15) is 0 Å². The number of allylic oxidation sites excluding steroid dienone is 2. The zero-order chi connectivity index (χ0) is 69.1. The van der Waals surface area contributed by atoms with Crippen LogP contribution in [0.3, 0.4) is 0 Å². The molecule has 0 heterocycles. The molecule has 1 amide bonds. The van der Waals surface area contributed by atoms with Crippen molar-refractivity contribution in [2.75, 3.05) is 13.2 Å². The highest BCUT2D eigenvalue weighted by Crippen LogP contribution is 2.21. The van der Waals surface area contributed by atoms with Gasteiger partial charge in [0, 0.05) is 12.8 Å². The number of carbonyl (C=O) groups excluding carboxylic acids is 2. The fourth-order valence-corrected chi connectivity index (χ4v) is 14.8. The number of aliphatic hydroxyl groups is 2. The molecule has 0 spiro atoms. The normalized spacial score (nSPS) is 12.4. The zero-order valence-electron chi connectivity index (χ0n) is 65.9. The van der Waals surface area contributed by atoms with Gasteiger partial charge in [0.15, 0.2) is 0 Å². The number of hydrogen-bond donors (Lipinski definition) is 3. The van der Waals surface area contributed by atoms with Crippen LogP contribution in [0.5, 0.6) is 0 Å². The van der Waals surface area contributed by atoms with Crippen molar-refractivity contribution in [3.8, 4) is 0 Å². The lowest BCUT2D eigenvalue weighted by Crippen LogP contribution is -2.45. The molecule has 0 rings (SSSR count). The number of unbranched alkanes of at least 4 members (excludes halogenated alkanes) is 73. The van der Waals surface area contributed by atoms with E-state index < -0.39 is 12.1 Å². The molecule has 0 saturated carbocycles. The molecule has 0 bridgehead atoms. The van der Waals surface area contributed by atoms with E-state index >= 15 is 0 Å². The SMILES string of the molecule is CCCCCCCCCCCCCCCCCCCCCCCCC(O)C(CO)NC(=O)CCCCCCCCCCCCCCCCCCC/C=C\CCCCCCCCCCCCCCCCCCCCOC(=O)CCCCCCCCCCCCCCCCCCCC. The molecule has 0 saturated heterocycles. The highest BCUT2D eigenvalue weighted by atomic mass is 16.5. The van der Waals surface area contributed by atoms with Crippen LogP contribution in [0.25, 0.3) is 0 Å². The number of amides is 1. The Morgan fingerprint density at radius 1 is 0.281 bits per heavy atom. The first-order chi connectivity index (χ1) is 47.5. The van der Waals surface area contributed by atoms with Gasteiger partial charge in [-0.25, -0.2) is 0 Å². The van der Waals surface area contributed by atoms with Gasteiger partial charge in [0.25, 0.3) is 0 Å². The molecule has 0 aliphatic rings. The quantitative estimate of drug-likeness (QED) is 0.0320. The zero-order valence-corrected chi connectivity index (χ0v) is 65.9. The average Bonchev–Trinajstić information content (AvgIpc) is 2.31. The number of rotatable bonds is 86. The largest absolute Gasteiger partial charge is 0.466 e. The van der Waals surface area contributed by atoms with Crippen LogP contribution in [0.2, 0.25) is 0 Å². The maximum absolute atomic E-state index is 12.6. The number of nitrogens with one attached hydrogen (secondary N) is 1. The molecule has 572 valence electrons. The molecule has 2 unspecified atom stereocenters. The van der Waals surface area contributed by atoms with Gasteiger partial charge < -0.3 is 20.3 Å². The first-order valence-corrected chi connectivity index (χ1v) is 44.9. The van der Waals surface area contributed by atoms with E-state index in [-0.39, 0.29) is 18.5 Å². The molecule has 0 radical (unpaired) electrons. The van der Waals surface area contributed by atoms with Crippen molar-refractivity contribution in [2.24, 2.45) is 0 Å². The molecule has 6 nitrogen and oxygen atoms in total. The van der Waals surface area contributed by atoms with Gasteiger partial charge in [0.05, 0.1) is 25.4 Å². The maximum Gasteiger partial charge on any atom is 0.305 e. The summed E-state index contributed by atoms with van der Waals surface area (Å²) in [5.74, 6) is 0.00428. The van der Waals surface area contributed by atoms with Gasteiger partial charge in [-0.15, -0.1) is 0 Å². The second-order valence-electron chi connectivity index (χ2n) is 31.3. The molecule has 96 heavy (non-hydrogen) atoms. The van der Waals surface area contributed by atoms with Crippen LogP contribution in [-0.2, 0) is 14.3 Å². The predicted molar refractivity (Wildman–Crippen MR) is 426 cm³/mol. The summed E-state index contributed by atoms with van der Waals surface area (Å²) in [6.45, 7) is 5.03. The van der Waals surface area contributed by atoms with E-state index in [1.54, 1.807) is 0 Å². The number of ether oxygens (including phenoxy) is 1. The van der Waals surface area contributed by atoms with Crippen molar-refractivity contribution in [3.05, 3.63) is 12.2 Å². The van der Waals surface area contributed by atoms with E-state index in [9.17, 15) is 19.8 Å². The Morgan fingerprint density at radius 3 is 0.740 bits per heavy atom. The minimum absolute atomic E-state index is 0.0242. The van der Waals surface area contributed by atoms with Crippen LogP contribution >= 0.6 is 0 Å². The highest BCUT2D eigenvalue weighted by molar-refractivity contribution is 5.76. The highest BCUT2D eigenvalue weighted by Gasteiger charge is 2.20. The standard InChI is InChI=1S/C90H177NO5/c1-3-5-7-9-11-13-15-17-19-21-23-24-44-47-50-54-58-62-66-70-74-78-82-88(93)87(86-92)91-89(94)83-79-75-71-67-63-59-55-51-48-45-42-40-38-36-34-32-30-28-26-25-27-29-31-33-35-37-39-41-43-46-49-53-57-61-65-69-73-77-81-85-96-90(95)84-80-76-72-68-64-60-56-52-22-20-18-16-14-12-10-8-6-4-2/h25-26,87-88,92-93H,3-24,27-86H2,1-2H3,(H,91,94)/b26-25-. The Morgan fingerprint density at radius 2 is 0.490 bits per heavy atom. The van der Waals surface area contributed by atoms with Gasteiger partial charge >= 0.3 is 5.97 Å². The third kappa shape index (κ3) is 81.6. The first-order valence-electron chi connectivity index (χ1n) is 44.9. The molecule has 0 aromatic rings. The monoisotopic (exact) mass is 1350 g/mol. The van der Waals surface area contributed by atoms with Gasteiger partial charge in [0.1, 0.15) is 0 Å². The number of carbonyl (C=O) groups is 2. The maximum atomic E-state index is 12.6. The molecular weight excluding hydrogens is 1170 g/mol. The second-order valence-corrected chi connectivity index (χ2v) is 31.3. The summed E-state index contributed by atoms with van der Waals surface area (Å²) in [6.07, 6.45) is 111. The fourth-order valence-electron chi connectivity index (χ4n) is 14.8. The van der Waals surface area contributed by atoms with E-state index in [0.29, 0.717) is 25.9 Å². The number of aliphatic hydroxyl groups excluding tert-OH is 2. The van der Waals surface area contributed by atoms with E-state index in [0.717, 1.165) is 38.5 Å².